The van der Waals surface area contributed by atoms with Crippen molar-refractivity contribution >= 4 is 17.3 Å². The van der Waals surface area contributed by atoms with E-state index in [4.69, 9.17) is 9.94 Å². The number of hydrogen-bond donors (Lipinski definition) is 2. The third kappa shape index (κ3) is 6.41. The molecule has 32 heavy (non-hydrogen) atoms. The molecular weight excluding hydrogens is 426 g/mol. The van der Waals surface area contributed by atoms with Crippen LogP contribution in [0.4, 0.5) is 0 Å². The lowest BCUT2D eigenvalue weighted by atomic mass is 10.0. The minimum absolute atomic E-state index is 0.401. The van der Waals surface area contributed by atoms with Crippen LogP contribution in [0.25, 0.3) is 11.1 Å². The van der Waals surface area contributed by atoms with Crippen LogP contribution in [-0.4, -0.2) is 64.8 Å². The molecule has 1 heterocycles. The summed E-state index contributed by atoms with van der Waals surface area (Å²) in [4.78, 5) is 14.6. The number of nitrogens with zero attached hydrogens (tertiary/aromatic N) is 2. The van der Waals surface area contributed by atoms with Crippen LogP contribution in [0.1, 0.15) is 18.9 Å². The molecule has 8 heteroatoms. The van der Waals surface area contributed by atoms with Crippen molar-refractivity contribution in [2.45, 2.75) is 24.8 Å². The third-order valence-electron chi connectivity index (χ3n) is 5.61. The summed E-state index contributed by atoms with van der Waals surface area (Å²) in [6.45, 7) is 6.56. The molecule has 172 valence electrons. The molecule has 0 aliphatic carbocycles. The zero-order chi connectivity index (χ0) is 22.9. The Balaban J connectivity index is 1.60. The lowest BCUT2D eigenvalue weighted by Crippen LogP contribution is -2.37. The van der Waals surface area contributed by atoms with Gasteiger partial charge in [-0.2, -0.15) is 0 Å². The first kappa shape index (κ1) is 24.4. The van der Waals surface area contributed by atoms with E-state index in [-0.39, 0.29) is 0 Å². The fraction of sp³-hybridized carbons (Fsp3) is 0.375. The summed E-state index contributed by atoms with van der Waals surface area (Å²) >= 11 is -1.30. The first-order valence-corrected chi connectivity index (χ1v) is 11.9. The molecule has 0 saturated carbocycles. The van der Waals surface area contributed by atoms with Crippen LogP contribution < -0.4 is 5.48 Å². The van der Waals surface area contributed by atoms with Crippen LogP contribution in [0, 0.1) is 0 Å². The van der Waals surface area contributed by atoms with Crippen molar-refractivity contribution in [3.63, 3.8) is 0 Å². The molecule has 2 N–H and O–H groups in total. The summed E-state index contributed by atoms with van der Waals surface area (Å²) in [6, 6.07) is 16.3. The number of methoxy groups -OCH3 is 1. The fourth-order valence-corrected chi connectivity index (χ4v) is 4.76. The number of carbonyl (C=O) groups excluding carboxylic acids is 1. The molecule has 0 bridgehead atoms. The number of hydroxylamine groups is 1. The Morgan fingerprint density at radius 2 is 1.84 bits per heavy atom. The lowest BCUT2D eigenvalue weighted by molar-refractivity contribution is -0.125. The molecule has 3 rings (SSSR count). The summed E-state index contributed by atoms with van der Waals surface area (Å²) in [6.07, 6.45) is 2.15. The number of benzene rings is 2. The first-order valence-electron chi connectivity index (χ1n) is 10.8. The van der Waals surface area contributed by atoms with Gasteiger partial charge in [0.1, 0.15) is 0 Å². The van der Waals surface area contributed by atoms with Crippen LogP contribution in [0.5, 0.6) is 0 Å². The monoisotopic (exact) mass is 457 g/mol. The summed E-state index contributed by atoms with van der Waals surface area (Å²) in [5.74, 6) is -0.497. The smallest absolute Gasteiger partial charge is 0.270 e. The predicted octanol–water partition coefficient (Wildman–Crippen LogP) is 2.98. The number of nitrogens with one attached hydrogen (secondary N) is 1. The van der Waals surface area contributed by atoms with Gasteiger partial charge in [-0.25, -0.2) is 5.48 Å². The first-order chi connectivity index (χ1) is 15.5. The zero-order valence-corrected chi connectivity index (χ0v) is 19.4. The highest BCUT2D eigenvalue weighted by Gasteiger charge is 2.26. The summed E-state index contributed by atoms with van der Waals surface area (Å²) in [7, 11) is 1.72. The van der Waals surface area contributed by atoms with Gasteiger partial charge >= 0.3 is 0 Å². The second kappa shape index (κ2) is 12.2. The van der Waals surface area contributed by atoms with Crippen molar-refractivity contribution < 1.29 is 19.3 Å². The molecule has 0 radical (unpaired) electrons. The Hall–Kier alpha value is -2.20. The van der Waals surface area contributed by atoms with Crippen molar-refractivity contribution in [3.05, 3.63) is 65.7 Å². The minimum Gasteiger partial charge on any atom is -0.593 e. The molecule has 1 aliphatic heterocycles. The standard InChI is InChI=1S/C24H31N3O4S/c1-3-26(16-17-31-2)18-19-4-6-20(7-5-19)21-8-10-23(11-9-21)32(30)27-14-12-22(13-15-27)24(28)25-29/h4-12,29H,3,13-18H2,1-2H3,(H,25,28). The van der Waals surface area contributed by atoms with E-state index >= 15 is 0 Å². The Labute approximate surface area is 192 Å². The maximum absolute atomic E-state index is 12.9. The number of rotatable bonds is 10. The van der Waals surface area contributed by atoms with Gasteiger partial charge in [-0.05, 0) is 53.9 Å². The number of hydrogen-bond acceptors (Lipinski definition) is 6. The van der Waals surface area contributed by atoms with E-state index in [0.717, 1.165) is 42.3 Å². The van der Waals surface area contributed by atoms with Crippen LogP contribution in [0.2, 0.25) is 0 Å². The van der Waals surface area contributed by atoms with Gasteiger partial charge in [0.25, 0.3) is 5.91 Å². The van der Waals surface area contributed by atoms with Crippen molar-refractivity contribution in [1.29, 1.82) is 0 Å². The molecule has 1 amide bonds. The van der Waals surface area contributed by atoms with Gasteiger partial charge in [-0.15, -0.1) is 4.31 Å². The third-order valence-corrected chi connectivity index (χ3v) is 7.08. The number of carbonyl (C=O) groups is 1. The Kier molecular flexibility index (Phi) is 9.28. The van der Waals surface area contributed by atoms with Crippen LogP contribution in [0.15, 0.2) is 65.1 Å². The number of amides is 1. The highest BCUT2D eigenvalue weighted by molar-refractivity contribution is 7.89. The maximum atomic E-state index is 12.9. The van der Waals surface area contributed by atoms with Gasteiger partial charge in [0.05, 0.1) is 24.5 Å². The number of ether oxygens (including phenoxy) is 1. The molecule has 1 aliphatic rings. The molecule has 0 saturated heterocycles. The topological polar surface area (TPSA) is 88.1 Å². The maximum Gasteiger partial charge on any atom is 0.270 e. The Morgan fingerprint density at radius 3 is 2.38 bits per heavy atom. The Morgan fingerprint density at radius 1 is 1.19 bits per heavy atom. The van der Waals surface area contributed by atoms with Crippen molar-refractivity contribution in [2.75, 3.05) is 39.9 Å². The van der Waals surface area contributed by atoms with E-state index < -0.39 is 17.3 Å². The van der Waals surface area contributed by atoms with Gasteiger partial charge in [0, 0.05) is 32.3 Å². The Bertz CT molecular complexity index is 902. The van der Waals surface area contributed by atoms with Gasteiger partial charge in [0.15, 0.2) is 4.90 Å². The SMILES string of the molecule is CCN(CCOC)Cc1ccc(-c2ccc([S+]([O-])N3CC=C(C(=O)NO)CC3)cc2)cc1. The molecule has 7 nitrogen and oxygen atoms in total. The van der Waals surface area contributed by atoms with Crippen LogP contribution >= 0.6 is 0 Å². The summed E-state index contributed by atoms with van der Waals surface area (Å²) in [5.41, 5.74) is 5.61. The average Bonchev–Trinajstić information content (AvgIpc) is 2.86. The van der Waals surface area contributed by atoms with Crippen molar-refractivity contribution in [3.8, 4) is 11.1 Å². The second-order valence-corrected chi connectivity index (χ2v) is 9.13. The molecule has 2 aromatic rings. The van der Waals surface area contributed by atoms with Gasteiger partial charge < -0.3 is 9.29 Å². The van der Waals surface area contributed by atoms with E-state index in [1.165, 1.54) is 5.56 Å². The fourth-order valence-electron chi connectivity index (χ4n) is 3.62. The normalized spacial score (nSPS) is 15.5. The summed E-state index contributed by atoms with van der Waals surface area (Å²) < 4.78 is 19.9. The molecule has 1 unspecified atom stereocenters. The largest absolute Gasteiger partial charge is 0.593 e. The molecule has 0 aromatic heterocycles. The highest BCUT2D eigenvalue weighted by Crippen LogP contribution is 2.25. The van der Waals surface area contributed by atoms with E-state index in [0.29, 0.717) is 25.1 Å². The van der Waals surface area contributed by atoms with Crippen molar-refractivity contribution in [2.24, 2.45) is 0 Å². The average molecular weight is 458 g/mol. The van der Waals surface area contributed by atoms with Crippen LogP contribution in [0.3, 0.4) is 0 Å². The van der Waals surface area contributed by atoms with Crippen LogP contribution in [-0.2, 0) is 27.4 Å². The van der Waals surface area contributed by atoms with Gasteiger partial charge in [-0.3, -0.25) is 14.9 Å². The summed E-state index contributed by atoms with van der Waals surface area (Å²) in [5, 5.41) is 8.74. The molecule has 2 aromatic carbocycles. The van der Waals surface area contributed by atoms with Crippen molar-refractivity contribution in [1.82, 2.24) is 14.7 Å². The number of likely N-dealkylation sites (N-methyl/N-ethyl adjacent to an activating group) is 1. The molecule has 0 spiro atoms. The predicted molar refractivity (Wildman–Crippen MR) is 125 cm³/mol. The molecule has 1 atom stereocenters. The van der Waals surface area contributed by atoms with E-state index in [9.17, 15) is 9.35 Å². The quantitative estimate of drug-likeness (QED) is 0.324. The van der Waals surface area contributed by atoms with Gasteiger partial charge in [0.2, 0.25) is 0 Å². The molecular formula is C24H31N3O4S. The minimum atomic E-state index is -1.30. The van der Waals surface area contributed by atoms with Gasteiger partial charge in [-0.1, -0.05) is 37.3 Å². The van der Waals surface area contributed by atoms with E-state index in [1.54, 1.807) is 23.0 Å². The zero-order valence-electron chi connectivity index (χ0n) is 18.6. The van der Waals surface area contributed by atoms with E-state index in [2.05, 4.69) is 36.1 Å². The second-order valence-electron chi connectivity index (χ2n) is 7.64. The lowest BCUT2D eigenvalue weighted by Gasteiger charge is -2.26. The van der Waals surface area contributed by atoms with E-state index in [1.807, 2.05) is 24.3 Å². The molecule has 0 fully saturated rings. The highest BCUT2D eigenvalue weighted by atomic mass is 32.2.